The van der Waals surface area contributed by atoms with Gasteiger partial charge in [-0.2, -0.15) is 8.78 Å². The summed E-state index contributed by atoms with van der Waals surface area (Å²) in [6.07, 6.45) is 5.69. The minimum absolute atomic E-state index is 0.0556. The van der Waals surface area contributed by atoms with Crippen molar-refractivity contribution in [2.24, 2.45) is 0 Å². The van der Waals surface area contributed by atoms with Crippen LogP contribution in [0.4, 0.5) is 18.0 Å². The predicted molar refractivity (Wildman–Crippen MR) is 175 cm³/mol. The fraction of sp³-hybridized carbons (Fsp3) is 0.471. The van der Waals surface area contributed by atoms with Crippen LogP contribution in [0.25, 0.3) is 0 Å². The molecular formula is C34H40Cl2F3N3O5. The molecule has 1 fully saturated rings. The first-order valence-electron chi connectivity index (χ1n) is 15.4. The van der Waals surface area contributed by atoms with Gasteiger partial charge in [-0.15, -0.1) is 0 Å². The number of piperidine rings is 1. The maximum absolute atomic E-state index is 13.9. The molecular weight excluding hydrogens is 658 g/mol. The monoisotopic (exact) mass is 697 g/mol. The number of benzene rings is 2. The van der Waals surface area contributed by atoms with Gasteiger partial charge >= 0.3 is 12.7 Å². The Morgan fingerprint density at radius 3 is 2.47 bits per heavy atom. The number of amides is 1. The highest BCUT2D eigenvalue weighted by atomic mass is 35.5. The number of allylic oxidation sites excluding steroid dienone is 2. The molecule has 13 heteroatoms. The fourth-order valence-electron chi connectivity index (χ4n) is 6.08. The summed E-state index contributed by atoms with van der Waals surface area (Å²) in [6.45, 7) is 0.208. The van der Waals surface area contributed by atoms with Crippen molar-refractivity contribution in [1.29, 1.82) is 0 Å². The van der Waals surface area contributed by atoms with Crippen LogP contribution in [0.3, 0.4) is 0 Å². The normalized spacial score (nSPS) is 18.1. The molecule has 1 saturated heterocycles. The molecule has 1 aliphatic carbocycles. The second-order valence-corrected chi connectivity index (χ2v) is 12.8. The van der Waals surface area contributed by atoms with Gasteiger partial charge in [-0.05, 0) is 81.4 Å². The van der Waals surface area contributed by atoms with Gasteiger partial charge in [0.15, 0.2) is 11.5 Å². The van der Waals surface area contributed by atoms with E-state index in [2.05, 4.69) is 15.0 Å². The van der Waals surface area contributed by atoms with E-state index >= 15 is 0 Å². The zero-order valence-electron chi connectivity index (χ0n) is 26.7. The van der Waals surface area contributed by atoms with Crippen molar-refractivity contribution in [2.45, 2.75) is 63.2 Å². The van der Waals surface area contributed by atoms with Crippen molar-refractivity contribution in [3.8, 4) is 11.5 Å². The molecule has 47 heavy (non-hydrogen) atoms. The van der Waals surface area contributed by atoms with E-state index in [0.29, 0.717) is 54.4 Å². The summed E-state index contributed by atoms with van der Waals surface area (Å²) in [5.41, 5.74) is 2.69. The van der Waals surface area contributed by atoms with Crippen LogP contribution in [0.2, 0.25) is 10.0 Å². The number of ether oxygens (including phenoxy) is 3. The van der Waals surface area contributed by atoms with E-state index < -0.39 is 18.3 Å². The first-order valence-corrected chi connectivity index (χ1v) is 16.2. The van der Waals surface area contributed by atoms with E-state index in [1.807, 2.05) is 25.1 Å². The Bertz CT molecular complexity index is 1480. The van der Waals surface area contributed by atoms with Gasteiger partial charge in [0.25, 0.3) is 0 Å². The van der Waals surface area contributed by atoms with Gasteiger partial charge in [0.2, 0.25) is 0 Å². The Morgan fingerprint density at radius 1 is 1.09 bits per heavy atom. The molecule has 0 radical (unpaired) electrons. The number of methoxy groups -OCH3 is 1. The Morgan fingerprint density at radius 2 is 1.83 bits per heavy atom. The molecule has 1 atom stereocenters. The number of hydrogen-bond donors (Lipinski definition) is 1. The quantitative estimate of drug-likeness (QED) is 0.239. The number of likely N-dealkylation sites (tertiary alicyclic amines) is 1. The molecule has 2 aliphatic heterocycles. The van der Waals surface area contributed by atoms with Gasteiger partial charge in [0, 0.05) is 56.1 Å². The number of fused-ring (bicyclic) bond motifs is 1. The fourth-order valence-corrected chi connectivity index (χ4v) is 6.39. The smallest absolute Gasteiger partial charge is 0.412 e. The lowest BCUT2D eigenvalue weighted by Crippen LogP contribution is -2.53. The minimum Gasteiger partial charge on any atom is -0.493 e. The lowest BCUT2D eigenvalue weighted by atomic mass is 9.79. The summed E-state index contributed by atoms with van der Waals surface area (Å²) < 4.78 is 53.1. The summed E-state index contributed by atoms with van der Waals surface area (Å²) in [5.74, 6) is -0.0125. The zero-order chi connectivity index (χ0) is 34.1. The molecule has 1 amide bonds. The van der Waals surface area contributed by atoms with Crippen molar-refractivity contribution in [2.75, 3.05) is 40.8 Å². The topological polar surface area (TPSA) is 80.3 Å². The second kappa shape index (κ2) is 16.7. The molecule has 2 aromatic carbocycles. The highest BCUT2D eigenvalue weighted by molar-refractivity contribution is 6.42. The van der Waals surface area contributed by atoms with Crippen LogP contribution in [0, 0.1) is 0 Å². The van der Waals surface area contributed by atoms with Gasteiger partial charge in [-0.25, -0.2) is 9.18 Å². The third-order valence-electron chi connectivity index (χ3n) is 8.40. The molecule has 0 saturated carbocycles. The molecule has 2 aromatic rings. The average Bonchev–Trinajstić information content (AvgIpc) is 3.02. The minimum atomic E-state index is -2.84. The molecule has 1 N–H and O–H groups in total. The molecule has 0 aromatic heterocycles. The molecule has 1 spiro atoms. The number of carbonyl (C=O) groups excluding carboxylic acids is 2. The Labute approximate surface area is 283 Å². The SMILES string of the molecule is COc1cc(CN(C)C)ccc1OC(F)F.O=CC(CCCN1CCC2(CC1)OC(=O)NC1=C2C=C(F)CC1)c1ccc(Cl)c(Cl)c1. The first kappa shape index (κ1) is 36.6. The van der Waals surface area contributed by atoms with Gasteiger partial charge in [0.05, 0.1) is 17.2 Å². The number of nitrogens with zero attached hydrogens (tertiary/aromatic N) is 2. The van der Waals surface area contributed by atoms with E-state index in [1.54, 1.807) is 30.3 Å². The van der Waals surface area contributed by atoms with Crippen molar-refractivity contribution in [1.82, 2.24) is 15.1 Å². The second-order valence-electron chi connectivity index (χ2n) is 12.0. The Hall–Kier alpha value is -3.25. The van der Waals surface area contributed by atoms with E-state index in [1.165, 1.54) is 13.2 Å². The van der Waals surface area contributed by atoms with Gasteiger partial charge in [-0.3, -0.25) is 5.32 Å². The highest BCUT2D eigenvalue weighted by Gasteiger charge is 2.46. The van der Waals surface area contributed by atoms with Crippen LogP contribution in [-0.2, 0) is 16.1 Å². The van der Waals surface area contributed by atoms with Crippen LogP contribution in [0.15, 0.2) is 59.6 Å². The molecule has 3 aliphatic rings. The van der Waals surface area contributed by atoms with Crippen molar-refractivity contribution < 1.29 is 37.0 Å². The number of carbonyl (C=O) groups is 2. The Balaban J connectivity index is 0.000000264. The third-order valence-corrected chi connectivity index (χ3v) is 9.14. The molecule has 8 nitrogen and oxygen atoms in total. The lowest BCUT2D eigenvalue weighted by Gasteiger charge is -2.45. The highest BCUT2D eigenvalue weighted by Crippen LogP contribution is 2.42. The first-order chi connectivity index (χ1) is 22.4. The molecule has 0 bridgehead atoms. The number of halogens is 5. The molecule has 1 unspecified atom stereocenters. The summed E-state index contributed by atoms with van der Waals surface area (Å²) in [6, 6.07) is 10.2. The van der Waals surface area contributed by atoms with E-state index in [9.17, 15) is 22.8 Å². The van der Waals surface area contributed by atoms with E-state index in [0.717, 1.165) is 54.7 Å². The number of hydrogen-bond acceptors (Lipinski definition) is 7. The lowest BCUT2D eigenvalue weighted by molar-refractivity contribution is -0.109. The third kappa shape index (κ3) is 9.88. The number of nitrogens with one attached hydrogen (secondary N) is 1. The van der Waals surface area contributed by atoms with Crippen LogP contribution >= 0.6 is 23.2 Å². The molecule has 5 rings (SSSR count). The molecule has 2 heterocycles. The van der Waals surface area contributed by atoms with Gasteiger partial charge < -0.3 is 28.8 Å². The van der Waals surface area contributed by atoms with Crippen LogP contribution in [0.5, 0.6) is 11.5 Å². The van der Waals surface area contributed by atoms with Crippen LogP contribution in [-0.4, -0.2) is 75.2 Å². The van der Waals surface area contributed by atoms with Crippen molar-refractivity contribution >= 4 is 35.6 Å². The van der Waals surface area contributed by atoms with Crippen LogP contribution < -0.4 is 14.8 Å². The summed E-state index contributed by atoms with van der Waals surface area (Å²) in [5, 5.41) is 3.66. The average molecular weight is 699 g/mol. The van der Waals surface area contributed by atoms with Gasteiger partial charge in [0.1, 0.15) is 17.7 Å². The maximum atomic E-state index is 13.9. The number of alkyl halides is 2. The summed E-state index contributed by atoms with van der Waals surface area (Å²) in [7, 11) is 5.28. The van der Waals surface area contributed by atoms with Crippen LogP contribution in [0.1, 0.15) is 55.6 Å². The zero-order valence-corrected chi connectivity index (χ0v) is 28.2. The van der Waals surface area contributed by atoms with E-state index in [-0.39, 0.29) is 17.5 Å². The largest absolute Gasteiger partial charge is 0.493 e. The Kier molecular flexibility index (Phi) is 13.0. The number of aldehydes is 1. The standard InChI is InChI=1S/C23H25Cl2FN2O3.C11H15F2NO2/c24-19-5-3-15(12-20(19)25)16(14-29)2-1-9-28-10-7-23(8-11-28)18-13-17(26)4-6-21(18)27-22(30)31-23;1-14(2)7-8-4-5-9(16-11(12)13)10(6-8)15-3/h3,5,12-14,16H,1-2,4,6-11H2,(H,27,30);4-6,11H,7H2,1-3H3. The summed E-state index contributed by atoms with van der Waals surface area (Å²) in [4.78, 5) is 27.9. The molecule has 256 valence electrons. The maximum Gasteiger partial charge on any atom is 0.412 e. The number of rotatable bonds is 11. The summed E-state index contributed by atoms with van der Waals surface area (Å²) >= 11 is 12.0. The van der Waals surface area contributed by atoms with Crippen molar-refractivity contribution in [3.05, 3.63) is 80.7 Å². The van der Waals surface area contributed by atoms with Gasteiger partial charge in [-0.1, -0.05) is 35.3 Å². The predicted octanol–water partition coefficient (Wildman–Crippen LogP) is 7.89. The van der Waals surface area contributed by atoms with Crippen molar-refractivity contribution in [3.63, 3.8) is 0 Å². The van der Waals surface area contributed by atoms with E-state index in [4.69, 9.17) is 32.7 Å². The number of alkyl carbamates (subject to hydrolysis) is 1.